The summed E-state index contributed by atoms with van der Waals surface area (Å²) < 4.78 is 0. The SMILES string of the molecule is O=C(O)CCN(C(=O)NC1CC1)C1CC1. The maximum atomic E-state index is 11.7. The van der Waals surface area contributed by atoms with E-state index in [-0.39, 0.29) is 18.5 Å². The fraction of sp³-hybridized carbons (Fsp3) is 0.800. The van der Waals surface area contributed by atoms with Gasteiger partial charge in [-0.25, -0.2) is 4.79 Å². The first-order chi connectivity index (χ1) is 7.16. The topological polar surface area (TPSA) is 69.6 Å². The number of carboxylic acid groups (broad SMARTS) is 1. The molecule has 2 aliphatic carbocycles. The van der Waals surface area contributed by atoms with E-state index in [0.717, 1.165) is 25.7 Å². The second-order valence-corrected chi connectivity index (χ2v) is 4.29. The van der Waals surface area contributed by atoms with E-state index >= 15 is 0 Å². The Morgan fingerprint density at radius 2 is 1.93 bits per heavy atom. The third kappa shape index (κ3) is 3.11. The fourth-order valence-electron chi connectivity index (χ4n) is 1.54. The molecule has 5 heteroatoms. The van der Waals surface area contributed by atoms with Crippen LogP contribution in [-0.2, 0) is 4.79 Å². The Bertz CT molecular complexity index is 272. The van der Waals surface area contributed by atoms with Gasteiger partial charge in [0, 0.05) is 18.6 Å². The average molecular weight is 212 g/mol. The van der Waals surface area contributed by atoms with Crippen molar-refractivity contribution in [3.05, 3.63) is 0 Å². The van der Waals surface area contributed by atoms with Crippen LogP contribution in [0.1, 0.15) is 32.1 Å². The van der Waals surface area contributed by atoms with Gasteiger partial charge in [-0.3, -0.25) is 4.79 Å². The van der Waals surface area contributed by atoms with Crippen molar-refractivity contribution in [3.8, 4) is 0 Å². The van der Waals surface area contributed by atoms with E-state index in [0.29, 0.717) is 12.6 Å². The van der Waals surface area contributed by atoms with E-state index in [4.69, 9.17) is 5.11 Å². The van der Waals surface area contributed by atoms with E-state index in [9.17, 15) is 9.59 Å². The van der Waals surface area contributed by atoms with Crippen molar-refractivity contribution >= 4 is 12.0 Å². The third-order valence-corrected chi connectivity index (χ3v) is 2.72. The number of aliphatic carboxylic acids is 1. The zero-order valence-electron chi connectivity index (χ0n) is 8.61. The van der Waals surface area contributed by atoms with Gasteiger partial charge in [0.1, 0.15) is 0 Å². The van der Waals surface area contributed by atoms with Crippen LogP contribution in [0.5, 0.6) is 0 Å². The molecule has 2 amide bonds. The summed E-state index contributed by atoms with van der Waals surface area (Å²) >= 11 is 0. The fourth-order valence-corrected chi connectivity index (χ4v) is 1.54. The number of amides is 2. The minimum Gasteiger partial charge on any atom is -0.481 e. The van der Waals surface area contributed by atoms with Crippen LogP contribution in [-0.4, -0.2) is 40.6 Å². The van der Waals surface area contributed by atoms with Crippen molar-refractivity contribution in [2.24, 2.45) is 0 Å². The number of rotatable bonds is 5. The van der Waals surface area contributed by atoms with E-state index < -0.39 is 5.97 Å². The number of hydrogen-bond acceptors (Lipinski definition) is 2. The number of nitrogens with one attached hydrogen (secondary N) is 1. The van der Waals surface area contributed by atoms with Crippen molar-refractivity contribution in [2.45, 2.75) is 44.2 Å². The lowest BCUT2D eigenvalue weighted by atomic mass is 10.4. The van der Waals surface area contributed by atoms with Crippen LogP contribution < -0.4 is 5.32 Å². The standard InChI is InChI=1S/C10H16N2O3/c13-9(14)5-6-12(8-3-4-8)10(15)11-7-1-2-7/h7-8H,1-6H2,(H,11,15)(H,13,14). The van der Waals surface area contributed by atoms with Crippen molar-refractivity contribution in [2.75, 3.05) is 6.54 Å². The molecule has 2 fully saturated rings. The molecule has 5 nitrogen and oxygen atoms in total. The minimum absolute atomic E-state index is 0.0363. The first kappa shape index (κ1) is 10.3. The van der Waals surface area contributed by atoms with Gasteiger partial charge in [-0.05, 0) is 25.7 Å². The Balaban J connectivity index is 1.80. The number of carboxylic acids is 1. The second-order valence-electron chi connectivity index (χ2n) is 4.29. The molecule has 0 unspecified atom stereocenters. The maximum Gasteiger partial charge on any atom is 0.317 e. The van der Waals surface area contributed by atoms with Gasteiger partial charge in [-0.1, -0.05) is 0 Å². The molecule has 0 heterocycles. The Kier molecular flexibility index (Phi) is 2.79. The summed E-state index contributed by atoms with van der Waals surface area (Å²) in [6, 6.07) is 0.535. The lowest BCUT2D eigenvalue weighted by molar-refractivity contribution is -0.137. The van der Waals surface area contributed by atoms with Gasteiger partial charge in [0.15, 0.2) is 0 Å². The highest BCUT2D eigenvalue weighted by molar-refractivity contribution is 5.76. The predicted molar refractivity (Wildman–Crippen MR) is 53.5 cm³/mol. The molecule has 0 radical (unpaired) electrons. The highest BCUT2D eigenvalue weighted by Crippen LogP contribution is 2.28. The van der Waals surface area contributed by atoms with Gasteiger partial charge in [0.05, 0.1) is 6.42 Å². The van der Waals surface area contributed by atoms with E-state index in [1.54, 1.807) is 4.90 Å². The van der Waals surface area contributed by atoms with E-state index in [1.165, 1.54) is 0 Å². The van der Waals surface area contributed by atoms with Crippen molar-refractivity contribution in [3.63, 3.8) is 0 Å². The minimum atomic E-state index is -0.847. The second kappa shape index (κ2) is 4.08. The molecule has 0 aromatic heterocycles. The average Bonchev–Trinajstić information content (AvgIpc) is 2.97. The van der Waals surface area contributed by atoms with Crippen LogP contribution in [0.4, 0.5) is 4.79 Å². The summed E-state index contributed by atoms with van der Waals surface area (Å²) in [6.07, 6.45) is 4.18. The summed E-state index contributed by atoms with van der Waals surface area (Å²) in [4.78, 5) is 23.8. The quantitative estimate of drug-likeness (QED) is 0.708. The van der Waals surface area contributed by atoms with Crippen LogP contribution in [0.3, 0.4) is 0 Å². The molecule has 0 aliphatic heterocycles. The number of carbonyl (C=O) groups excluding carboxylic acids is 1. The molecule has 15 heavy (non-hydrogen) atoms. The number of nitrogens with zero attached hydrogens (tertiary/aromatic N) is 1. The molecular formula is C10H16N2O3. The van der Waals surface area contributed by atoms with Gasteiger partial charge in [0.2, 0.25) is 0 Å². The zero-order chi connectivity index (χ0) is 10.8. The molecule has 2 N–H and O–H groups in total. The zero-order valence-corrected chi connectivity index (χ0v) is 8.61. The maximum absolute atomic E-state index is 11.7. The van der Waals surface area contributed by atoms with Gasteiger partial charge in [0.25, 0.3) is 0 Å². The Morgan fingerprint density at radius 1 is 1.27 bits per heavy atom. The molecule has 0 spiro atoms. The van der Waals surface area contributed by atoms with Gasteiger partial charge >= 0.3 is 12.0 Å². The molecule has 0 bridgehead atoms. The summed E-state index contributed by atoms with van der Waals surface area (Å²) in [5.74, 6) is -0.847. The van der Waals surface area contributed by atoms with Crippen LogP contribution in [0.15, 0.2) is 0 Å². The molecule has 0 atom stereocenters. The van der Waals surface area contributed by atoms with E-state index in [1.807, 2.05) is 0 Å². The van der Waals surface area contributed by atoms with Crippen molar-refractivity contribution < 1.29 is 14.7 Å². The molecule has 2 rings (SSSR count). The third-order valence-electron chi connectivity index (χ3n) is 2.72. The smallest absolute Gasteiger partial charge is 0.317 e. The molecule has 2 saturated carbocycles. The van der Waals surface area contributed by atoms with E-state index in [2.05, 4.69) is 5.32 Å². The lowest BCUT2D eigenvalue weighted by Gasteiger charge is -2.21. The Hall–Kier alpha value is -1.26. The predicted octanol–water partition coefficient (Wildman–Crippen LogP) is 0.797. The van der Waals surface area contributed by atoms with Crippen LogP contribution in [0.25, 0.3) is 0 Å². The van der Waals surface area contributed by atoms with Crippen LogP contribution in [0.2, 0.25) is 0 Å². The molecular weight excluding hydrogens is 196 g/mol. The highest BCUT2D eigenvalue weighted by Gasteiger charge is 2.34. The Morgan fingerprint density at radius 3 is 2.40 bits per heavy atom. The number of carbonyl (C=O) groups is 2. The first-order valence-corrected chi connectivity index (χ1v) is 5.46. The summed E-state index contributed by atoms with van der Waals surface area (Å²) in [6.45, 7) is 0.332. The lowest BCUT2D eigenvalue weighted by Crippen LogP contribution is -2.43. The number of hydrogen-bond donors (Lipinski definition) is 2. The Labute approximate surface area is 88.4 Å². The van der Waals surface area contributed by atoms with Crippen LogP contribution in [0, 0.1) is 0 Å². The molecule has 84 valence electrons. The largest absolute Gasteiger partial charge is 0.481 e. The van der Waals surface area contributed by atoms with Crippen molar-refractivity contribution in [1.82, 2.24) is 10.2 Å². The summed E-state index contributed by atoms with van der Waals surface area (Å²) in [5, 5.41) is 11.5. The molecule has 0 aromatic carbocycles. The van der Waals surface area contributed by atoms with Gasteiger partial charge < -0.3 is 15.3 Å². The van der Waals surface area contributed by atoms with Gasteiger partial charge in [-0.15, -0.1) is 0 Å². The van der Waals surface area contributed by atoms with Crippen molar-refractivity contribution in [1.29, 1.82) is 0 Å². The summed E-state index contributed by atoms with van der Waals surface area (Å²) in [5.41, 5.74) is 0. The van der Waals surface area contributed by atoms with Crippen LogP contribution >= 0.6 is 0 Å². The molecule has 0 saturated heterocycles. The highest BCUT2D eigenvalue weighted by atomic mass is 16.4. The molecule has 2 aliphatic rings. The number of urea groups is 1. The summed E-state index contributed by atoms with van der Waals surface area (Å²) in [7, 11) is 0. The molecule has 0 aromatic rings. The van der Waals surface area contributed by atoms with Gasteiger partial charge in [-0.2, -0.15) is 0 Å². The monoisotopic (exact) mass is 212 g/mol. The normalized spacial score (nSPS) is 19.7. The first-order valence-electron chi connectivity index (χ1n) is 5.46.